The zero-order chi connectivity index (χ0) is 15.6. The van der Waals surface area contributed by atoms with Gasteiger partial charge in [0.05, 0.1) is 4.90 Å². The lowest BCUT2D eigenvalue weighted by Gasteiger charge is -2.26. The van der Waals surface area contributed by atoms with E-state index >= 15 is 0 Å². The number of hydrogen-bond donors (Lipinski definition) is 1. The molecule has 0 aromatic heterocycles. The second kappa shape index (κ2) is 7.79. The zero-order valence-electron chi connectivity index (χ0n) is 11.2. The van der Waals surface area contributed by atoms with E-state index in [0.29, 0.717) is 25.9 Å². The fourth-order valence-corrected chi connectivity index (χ4v) is 3.19. The first kappa shape index (κ1) is 19.4. The Labute approximate surface area is 134 Å². The van der Waals surface area contributed by atoms with E-state index in [-0.39, 0.29) is 23.9 Å². The monoisotopic (exact) mass is 365 g/mol. The van der Waals surface area contributed by atoms with Crippen LogP contribution in [0, 0.1) is 11.6 Å². The third-order valence-electron chi connectivity index (χ3n) is 3.35. The predicted octanol–water partition coefficient (Wildman–Crippen LogP) is 4.80. The molecule has 1 aliphatic rings. The van der Waals surface area contributed by atoms with Gasteiger partial charge in [-0.25, -0.2) is 17.6 Å². The molecule has 1 heterocycles. The van der Waals surface area contributed by atoms with Gasteiger partial charge in [-0.2, -0.15) is 8.78 Å². The molecular formula is C13H14ClF6NS. The molecule has 1 fully saturated rings. The Morgan fingerprint density at radius 2 is 1.73 bits per heavy atom. The molecule has 1 aromatic carbocycles. The van der Waals surface area contributed by atoms with Crippen molar-refractivity contribution in [1.29, 1.82) is 0 Å². The summed E-state index contributed by atoms with van der Waals surface area (Å²) >= 11 is -0.604. The highest BCUT2D eigenvalue weighted by Crippen LogP contribution is 2.45. The fourth-order valence-electron chi connectivity index (χ4n) is 2.29. The molecule has 126 valence electrons. The summed E-state index contributed by atoms with van der Waals surface area (Å²) in [6, 6.07) is 2.05. The van der Waals surface area contributed by atoms with Gasteiger partial charge >= 0.3 is 11.7 Å². The van der Waals surface area contributed by atoms with Gasteiger partial charge in [-0.15, -0.1) is 12.4 Å². The predicted molar refractivity (Wildman–Crippen MR) is 75.3 cm³/mol. The molecule has 0 unspecified atom stereocenters. The quantitative estimate of drug-likeness (QED) is 0.607. The summed E-state index contributed by atoms with van der Waals surface area (Å²) in [6.45, 7) is 1.22. The molecule has 0 saturated carbocycles. The number of alkyl halides is 4. The van der Waals surface area contributed by atoms with Crippen molar-refractivity contribution < 1.29 is 26.3 Å². The lowest BCUT2D eigenvalue weighted by molar-refractivity contribution is -0.0564. The molecule has 1 N–H and O–H groups in total. The fraction of sp³-hybridized carbons (Fsp3) is 0.538. The van der Waals surface area contributed by atoms with E-state index < -0.39 is 40.0 Å². The summed E-state index contributed by atoms with van der Waals surface area (Å²) in [7, 11) is 0. The molecule has 0 radical (unpaired) electrons. The molecule has 0 spiro atoms. The van der Waals surface area contributed by atoms with E-state index in [2.05, 4.69) is 5.32 Å². The van der Waals surface area contributed by atoms with Gasteiger partial charge in [0.2, 0.25) is 0 Å². The van der Waals surface area contributed by atoms with Crippen molar-refractivity contribution in [2.45, 2.75) is 35.3 Å². The van der Waals surface area contributed by atoms with Crippen molar-refractivity contribution in [3.05, 3.63) is 29.3 Å². The van der Waals surface area contributed by atoms with E-state index in [1.54, 1.807) is 0 Å². The van der Waals surface area contributed by atoms with Crippen LogP contribution in [-0.4, -0.2) is 24.8 Å². The number of halogens is 7. The molecule has 1 aromatic rings. The van der Waals surface area contributed by atoms with Crippen LogP contribution in [0.25, 0.3) is 0 Å². The van der Waals surface area contributed by atoms with Gasteiger partial charge in [-0.05, 0) is 55.2 Å². The van der Waals surface area contributed by atoms with Crippen LogP contribution >= 0.6 is 24.2 Å². The number of benzene rings is 1. The van der Waals surface area contributed by atoms with E-state index in [0.717, 1.165) is 6.07 Å². The number of thioether (sulfide) groups is 1. The van der Waals surface area contributed by atoms with Crippen LogP contribution in [0.15, 0.2) is 17.0 Å². The first-order valence-corrected chi connectivity index (χ1v) is 7.18. The summed E-state index contributed by atoms with van der Waals surface area (Å²) < 4.78 is 78.1. The van der Waals surface area contributed by atoms with Crippen LogP contribution in [0.2, 0.25) is 0 Å². The van der Waals surface area contributed by atoms with Gasteiger partial charge in [-0.3, -0.25) is 0 Å². The maximum absolute atomic E-state index is 13.8. The highest BCUT2D eigenvalue weighted by atomic mass is 35.5. The minimum atomic E-state index is -4.46. The largest absolute Gasteiger partial charge is 0.357 e. The van der Waals surface area contributed by atoms with Crippen molar-refractivity contribution in [2.75, 3.05) is 13.1 Å². The highest BCUT2D eigenvalue weighted by molar-refractivity contribution is 8.00. The molecule has 9 heteroatoms. The molecule has 0 amide bonds. The number of nitrogens with one attached hydrogen (secondary N) is 1. The molecule has 0 bridgehead atoms. The van der Waals surface area contributed by atoms with Gasteiger partial charge in [0.25, 0.3) is 0 Å². The molecular weight excluding hydrogens is 352 g/mol. The number of hydrogen-bond acceptors (Lipinski definition) is 2. The topological polar surface area (TPSA) is 12.0 Å². The summed E-state index contributed by atoms with van der Waals surface area (Å²) in [5, 5.41) is -1.41. The minimum Gasteiger partial charge on any atom is -0.317 e. The maximum atomic E-state index is 13.8. The maximum Gasteiger partial charge on any atom is 0.357 e. The first-order valence-electron chi connectivity index (χ1n) is 6.36. The third kappa shape index (κ3) is 4.23. The van der Waals surface area contributed by atoms with Crippen LogP contribution in [0.4, 0.5) is 26.3 Å². The Balaban J connectivity index is 0.00000242. The molecule has 1 saturated heterocycles. The van der Waals surface area contributed by atoms with Gasteiger partial charge in [0.15, 0.2) is 11.6 Å². The third-order valence-corrected chi connectivity index (χ3v) is 4.42. The number of rotatable bonds is 4. The summed E-state index contributed by atoms with van der Waals surface area (Å²) in [4.78, 5) is -0.716. The molecule has 0 aliphatic carbocycles. The van der Waals surface area contributed by atoms with Crippen LogP contribution in [0.5, 0.6) is 0 Å². The molecule has 1 nitrogen and oxygen atoms in total. The van der Waals surface area contributed by atoms with Gasteiger partial charge in [0, 0.05) is 0 Å². The second-order valence-electron chi connectivity index (χ2n) is 4.77. The lowest BCUT2D eigenvalue weighted by atomic mass is 9.90. The second-order valence-corrected chi connectivity index (χ2v) is 5.93. The van der Waals surface area contributed by atoms with Gasteiger partial charge in [0.1, 0.15) is 0 Å². The standard InChI is InChI=1S/C13H13F6NS.ClH/c14-9-2-1-8(7-3-5-20-6-4-7)11(10(9)15)21-13(18,19)12(16)17;/h1-2,7,12,20H,3-6H2;1H. The number of piperidine rings is 1. The smallest absolute Gasteiger partial charge is 0.317 e. The summed E-state index contributed by atoms with van der Waals surface area (Å²) in [6.07, 6.45) is -2.84. The van der Waals surface area contributed by atoms with Crippen molar-refractivity contribution in [3.8, 4) is 0 Å². The average molecular weight is 366 g/mol. The van der Waals surface area contributed by atoms with Gasteiger partial charge in [-0.1, -0.05) is 6.07 Å². The molecule has 22 heavy (non-hydrogen) atoms. The average Bonchev–Trinajstić information content (AvgIpc) is 2.45. The first-order chi connectivity index (χ1) is 9.83. The lowest BCUT2D eigenvalue weighted by Crippen LogP contribution is -2.27. The zero-order valence-corrected chi connectivity index (χ0v) is 12.9. The minimum absolute atomic E-state index is 0. The van der Waals surface area contributed by atoms with Gasteiger partial charge < -0.3 is 5.32 Å². The van der Waals surface area contributed by atoms with E-state index in [1.807, 2.05) is 0 Å². The molecule has 1 aliphatic heterocycles. The van der Waals surface area contributed by atoms with E-state index in [9.17, 15) is 26.3 Å². The highest BCUT2D eigenvalue weighted by Gasteiger charge is 2.44. The van der Waals surface area contributed by atoms with Crippen molar-refractivity contribution in [2.24, 2.45) is 0 Å². The molecule has 2 rings (SSSR count). The Morgan fingerprint density at radius 1 is 1.14 bits per heavy atom. The molecule has 0 atom stereocenters. The Kier molecular flexibility index (Phi) is 6.88. The van der Waals surface area contributed by atoms with Crippen molar-refractivity contribution in [3.63, 3.8) is 0 Å². The van der Waals surface area contributed by atoms with Crippen LogP contribution in [0.3, 0.4) is 0 Å². The van der Waals surface area contributed by atoms with E-state index in [4.69, 9.17) is 0 Å². The normalized spacial score (nSPS) is 16.7. The SMILES string of the molecule is Cl.Fc1ccc(C2CCNCC2)c(SC(F)(F)C(F)F)c1F. The van der Waals surface area contributed by atoms with E-state index in [1.165, 1.54) is 6.07 Å². The summed E-state index contributed by atoms with van der Waals surface area (Å²) in [5.41, 5.74) is 0.167. The summed E-state index contributed by atoms with van der Waals surface area (Å²) in [5.74, 6) is -3.06. The Bertz CT molecular complexity index is 508. The van der Waals surface area contributed by atoms with Crippen LogP contribution < -0.4 is 5.32 Å². The van der Waals surface area contributed by atoms with Crippen molar-refractivity contribution >= 4 is 24.2 Å². The van der Waals surface area contributed by atoms with Crippen LogP contribution in [-0.2, 0) is 0 Å². The Hall–Kier alpha value is -0.600. The Morgan fingerprint density at radius 3 is 2.27 bits per heavy atom. The van der Waals surface area contributed by atoms with Crippen molar-refractivity contribution in [1.82, 2.24) is 5.32 Å². The van der Waals surface area contributed by atoms with Crippen LogP contribution in [0.1, 0.15) is 24.3 Å².